The maximum absolute atomic E-state index is 12.3. The molecule has 1 aromatic carbocycles. The highest BCUT2D eigenvalue weighted by molar-refractivity contribution is 5.94. The molecule has 0 saturated carbocycles. The highest BCUT2D eigenvalue weighted by atomic mass is 16.4. The van der Waals surface area contributed by atoms with Gasteiger partial charge in [0.2, 0.25) is 0 Å². The van der Waals surface area contributed by atoms with Crippen molar-refractivity contribution >= 4 is 5.91 Å². The fourth-order valence-electron chi connectivity index (χ4n) is 2.23. The zero-order valence-corrected chi connectivity index (χ0v) is 13.3. The first kappa shape index (κ1) is 15.9. The number of hydrogen-bond donors (Lipinski definition) is 2. The SMILES string of the molecule is Cc1ccc([C@](C)(O)CNC(=O)c2cccc(-n3cnnn3)c2)o1. The fourth-order valence-corrected chi connectivity index (χ4v) is 2.23. The molecule has 0 radical (unpaired) electrons. The number of aliphatic hydroxyl groups is 1. The predicted octanol–water partition coefficient (Wildman–Crippen LogP) is 1.20. The molecule has 0 aliphatic rings. The van der Waals surface area contributed by atoms with Crippen LogP contribution in [0.25, 0.3) is 5.69 Å². The van der Waals surface area contributed by atoms with Crippen molar-refractivity contribution in [2.75, 3.05) is 6.54 Å². The molecule has 0 aliphatic carbocycles. The van der Waals surface area contributed by atoms with Crippen molar-refractivity contribution in [1.82, 2.24) is 25.5 Å². The number of furan rings is 1. The molecular weight excluding hydrogens is 310 g/mol. The van der Waals surface area contributed by atoms with Crippen LogP contribution in [0.15, 0.2) is 47.1 Å². The van der Waals surface area contributed by atoms with Crippen molar-refractivity contribution < 1.29 is 14.3 Å². The summed E-state index contributed by atoms with van der Waals surface area (Å²) in [4.78, 5) is 12.3. The Morgan fingerprint density at radius 2 is 2.21 bits per heavy atom. The second-order valence-corrected chi connectivity index (χ2v) is 5.67. The van der Waals surface area contributed by atoms with Gasteiger partial charge in [-0.3, -0.25) is 4.79 Å². The number of benzene rings is 1. The summed E-state index contributed by atoms with van der Waals surface area (Å²) in [7, 11) is 0. The van der Waals surface area contributed by atoms with E-state index in [1.807, 2.05) is 0 Å². The summed E-state index contributed by atoms with van der Waals surface area (Å²) >= 11 is 0. The van der Waals surface area contributed by atoms with Crippen molar-refractivity contribution in [1.29, 1.82) is 0 Å². The van der Waals surface area contributed by atoms with Crippen LogP contribution in [0.3, 0.4) is 0 Å². The van der Waals surface area contributed by atoms with E-state index in [-0.39, 0.29) is 12.5 Å². The van der Waals surface area contributed by atoms with Gasteiger partial charge in [-0.15, -0.1) is 5.10 Å². The first-order valence-electron chi connectivity index (χ1n) is 7.37. The maximum Gasteiger partial charge on any atom is 0.251 e. The molecule has 0 saturated heterocycles. The summed E-state index contributed by atoms with van der Waals surface area (Å²) in [5, 5.41) is 24.1. The topological polar surface area (TPSA) is 106 Å². The van der Waals surface area contributed by atoms with Crippen LogP contribution in [0.5, 0.6) is 0 Å². The van der Waals surface area contributed by atoms with Gasteiger partial charge in [0.05, 0.1) is 12.2 Å². The molecule has 8 heteroatoms. The van der Waals surface area contributed by atoms with E-state index in [1.54, 1.807) is 50.2 Å². The van der Waals surface area contributed by atoms with Gasteiger partial charge in [0.1, 0.15) is 23.4 Å². The van der Waals surface area contributed by atoms with Gasteiger partial charge in [-0.05, 0) is 54.6 Å². The summed E-state index contributed by atoms with van der Waals surface area (Å²) in [6, 6.07) is 10.3. The summed E-state index contributed by atoms with van der Waals surface area (Å²) in [5.41, 5.74) is -0.187. The number of amides is 1. The number of nitrogens with one attached hydrogen (secondary N) is 1. The standard InChI is InChI=1S/C16H17N5O3/c1-11-6-7-14(24-11)16(2,23)9-17-15(22)12-4-3-5-13(8-12)21-10-18-19-20-21/h3-8,10,23H,9H2,1-2H3,(H,17,22)/t16-/m1/s1. The molecule has 2 N–H and O–H groups in total. The molecular formula is C16H17N5O3. The van der Waals surface area contributed by atoms with Crippen LogP contribution >= 0.6 is 0 Å². The molecule has 1 atom stereocenters. The second kappa shape index (κ2) is 6.25. The molecule has 0 aliphatic heterocycles. The molecule has 0 bridgehead atoms. The third-order valence-corrected chi connectivity index (χ3v) is 3.59. The van der Waals surface area contributed by atoms with E-state index >= 15 is 0 Å². The lowest BCUT2D eigenvalue weighted by molar-refractivity contribution is 0.0323. The van der Waals surface area contributed by atoms with Gasteiger partial charge in [-0.25, -0.2) is 4.68 Å². The first-order valence-corrected chi connectivity index (χ1v) is 7.37. The van der Waals surface area contributed by atoms with E-state index in [0.29, 0.717) is 22.8 Å². The summed E-state index contributed by atoms with van der Waals surface area (Å²) in [5.74, 6) is 0.793. The van der Waals surface area contributed by atoms with E-state index in [4.69, 9.17) is 4.42 Å². The van der Waals surface area contributed by atoms with Crippen LogP contribution in [-0.2, 0) is 5.60 Å². The quantitative estimate of drug-likeness (QED) is 0.729. The number of carbonyl (C=O) groups is 1. The number of hydrogen-bond acceptors (Lipinski definition) is 6. The van der Waals surface area contributed by atoms with Crippen LogP contribution in [-0.4, -0.2) is 37.8 Å². The lowest BCUT2D eigenvalue weighted by Gasteiger charge is -2.21. The zero-order chi connectivity index (χ0) is 17.2. The number of carbonyl (C=O) groups excluding carboxylic acids is 1. The molecule has 0 unspecified atom stereocenters. The smallest absolute Gasteiger partial charge is 0.251 e. The third-order valence-electron chi connectivity index (χ3n) is 3.59. The lowest BCUT2D eigenvalue weighted by atomic mass is 10.0. The van der Waals surface area contributed by atoms with Gasteiger partial charge in [0.25, 0.3) is 5.91 Å². The molecule has 24 heavy (non-hydrogen) atoms. The number of nitrogens with zero attached hydrogens (tertiary/aromatic N) is 4. The molecule has 1 amide bonds. The highest BCUT2D eigenvalue weighted by Gasteiger charge is 2.27. The summed E-state index contributed by atoms with van der Waals surface area (Å²) < 4.78 is 6.88. The molecule has 8 nitrogen and oxygen atoms in total. The molecule has 3 rings (SSSR count). The molecule has 0 spiro atoms. The maximum atomic E-state index is 12.3. The minimum atomic E-state index is -1.29. The van der Waals surface area contributed by atoms with E-state index in [2.05, 4.69) is 20.8 Å². The average Bonchev–Trinajstić information content (AvgIpc) is 3.24. The predicted molar refractivity (Wildman–Crippen MR) is 84.5 cm³/mol. The normalized spacial score (nSPS) is 13.5. The summed E-state index contributed by atoms with van der Waals surface area (Å²) in [6.45, 7) is 3.40. The summed E-state index contributed by atoms with van der Waals surface area (Å²) in [6.07, 6.45) is 1.45. The lowest BCUT2D eigenvalue weighted by Crippen LogP contribution is -2.38. The first-order chi connectivity index (χ1) is 11.5. The van der Waals surface area contributed by atoms with Gasteiger partial charge in [0, 0.05) is 5.56 Å². The van der Waals surface area contributed by atoms with E-state index in [1.165, 1.54) is 11.0 Å². The van der Waals surface area contributed by atoms with Crippen molar-refractivity contribution in [3.63, 3.8) is 0 Å². The number of rotatable bonds is 5. The van der Waals surface area contributed by atoms with Crippen molar-refractivity contribution in [3.8, 4) is 5.69 Å². The Bertz CT molecular complexity index is 839. The molecule has 124 valence electrons. The van der Waals surface area contributed by atoms with Crippen molar-refractivity contribution in [2.24, 2.45) is 0 Å². The number of tetrazole rings is 1. The van der Waals surface area contributed by atoms with Gasteiger partial charge in [0.15, 0.2) is 0 Å². The molecule has 0 fully saturated rings. The third kappa shape index (κ3) is 3.33. The Kier molecular flexibility index (Phi) is 4.13. The van der Waals surface area contributed by atoms with Crippen LogP contribution < -0.4 is 5.32 Å². The Labute approximate surface area is 138 Å². The van der Waals surface area contributed by atoms with Gasteiger partial charge in [-0.2, -0.15) is 0 Å². The largest absolute Gasteiger partial charge is 0.463 e. The average molecular weight is 327 g/mol. The van der Waals surface area contributed by atoms with Gasteiger partial charge < -0.3 is 14.8 Å². The zero-order valence-electron chi connectivity index (χ0n) is 13.3. The molecule has 3 aromatic rings. The second-order valence-electron chi connectivity index (χ2n) is 5.67. The van der Waals surface area contributed by atoms with Crippen LogP contribution in [0.4, 0.5) is 0 Å². The van der Waals surface area contributed by atoms with E-state index in [9.17, 15) is 9.90 Å². The highest BCUT2D eigenvalue weighted by Crippen LogP contribution is 2.22. The van der Waals surface area contributed by atoms with Crippen molar-refractivity contribution in [3.05, 3.63) is 59.8 Å². The monoisotopic (exact) mass is 327 g/mol. The van der Waals surface area contributed by atoms with Crippen LogP contribution in [0.2, 0.25) is 0 Å². The van der Waals surface area contributed by atoms with E-state index in [0.717, 1.165) is 0 Å². The van der Waals surface area contributed by atoms with Crippen LogP contribution in [0.1, 0.15) is 28.8 Å². The Morgan fingerprint density at radius 3 is 2.88 bits per heavy atom. The van der Waals surface area contributed by atoms with Crippen molar-refractivity contribution in [2.45, 2.75) is 19.4 Å². The minimum absolute atomic E-state index is 0.0217. The Hall–Kier alpha value is -3.00. The number of aromatic nitrogens is 4. The molecule has 2 aromatic heterocycles. The van der Waals surface area contributed by atoms with Gasteiger partial charge in [-0.1, -0.05) is 6.07 Å². The Balaban J connectivity index is 1.70. The minimum Gasteiger partial charge on any atom is -0.463 e. The fraction of sp³-hybridized carbons (Fsp3) is 0.250. The van der Waals surface area contributed by atoms with E-state index < -0.39 is 5.60 Å². The molecule has 2 heterocycles. The van der Waals surface area contributed by atoms with Gasteiger partial charge >= 0.3 is 0 Å². The number of aryl methyl sites for hydroxylation is 1. The Morgan fingerprint density at radius 1 is 1.38 bits per heavy atom. The van der Waals surface area contributed by atoms with Crippen LogP contribution in [0, 0.1) is 6.92 Å².